The Balaban J connectivity index is 1.77. The number of nitrogens with zero attached hydrogens (tertiary/aromatic N) is 1. The van der Waals surface area contributed by atoms with Crippen molar-refractivity contribution in [2.24, 2.45) is 0 Å². The second-order valence-electron chi connectivity index (χ2n) is 3.57. The van der Waals surface area contributed by atoms with Crippen LogP contribution in [0.25, 0.3) is 0 Å². The van der Waals surface area contributed by atoms with Crippen molar-refractivity contribution in [2.75, 3.05) is 7.05 Å². The molecule has 0 radical (unpaired) electrons. The molecule has 2 rings (SSSR count). The van der Waals surface area contributed by atoms with Crippen molar-refractivity contribution < 1.29 is 0 Å². The number of hydrogen-bond acceptors (Lipinski definition) is 1. The predicted octanol–water partition coefficient (Wildman–Crippen LogP) is 1.12. The number of rotatable bonds is 2. The highest BCUT2D eigenvalue weighted by atomic mass is 32.1. The summed E-state index contributed by atoms with van der Waals surface area (Å²) in [5, 5.41) is 4.29. The lowest BCUT2D eigenvalue weighted by Gasteiger charge is -2.19. The summed E-state index contributed by atoms with van der Waals surface area (Å²) < 4.78 is 0. The molecule has 0 saturated heterocycles. The molecule has 0 aliphatic heterocycles. The van der Waals surface area contributed by atoms with Gasteiger partial charge in [-0.05, 0) is 37.9 Å². The molecule has 0 aromatic heterocycles. The van der Waals surface area contributed by atoms with Crippen molar-refractivity contribution in [3.05, 3.63) is 0 Å². The molecule has 0 bridgehead atoms. The molecule has 2 aliphatic carbocycles. The van der Waals surface area contributed by atoms with Gasteiger partial charge in [-0.15, -0.1) is 0 Å². The summed E-state index contributed by atoms with van der Waals surface area (Å²) in [6, 6.07) is 1.44. The molecule has 3 heteroatoms. The van der Waals surface area contributed by atoms with Gasteiger partial charge in [0, 0.05) is 19.1 Å². The fraction of sp³-hybridized carbons (Fsp3) is 0.875. The Bertz CT molecular complexity index is 173. The average molecular weight is 170 g/mol. The molecule has 2 nitrogen and oxygen atoms in total. The maximum atomic E-state index is 5.22. The van der Waals surface area contributed by atoms with Crippen molar-refractivity contribution in [1.82, 2.24) is 10.2 Å². The van der Waals surface area contributed by atoms with E-state index in [1.54, 1.807) is 0 Å². The van der Waals surface area contributed by atoms with E-state index in [9.17, 15) is 0 Å². The van der Waals surface area contributed by atoms with Crippen molar-refractivity contribution in [2.45, 2.75) is 37.8 Å². The first-order valence-corrected chi connectivity index (χ1v) is 4.71. The Morgan fingerprint density at radius 1 is 1.36 bits per heavy atom. The van der Waals surface area contributed by atoms with Crippen LogP contribution in [-0.2, 0) is 0 Å². The standard InChI is InChI=1S/C8H14N2S/c1-10(7-4-5-7)8(11)9-6-2-3-6/h6-7H,2-5H2,1H3,(H,9,11). The summed E-state index contributed by atoms with van der Waals surface area (Å²) in [5.41, 5.74) is 0. The molecule has 0 spiro atoms. The fourth-order valence-corrected chi connectivity index (χ4v) is 1.45. The Morgan fingerprint density at radius 2 is 2.00 bits per heavy atom. The lowest BCUT2D eigenvalue weighted by molar-refractivity contribution is 0.484. The molecule has 62 valence electrons. The average Bonchev–Trinajstić information content (AvgIpc) is 2.81. The number of thiocarbonyl (C=S) groups is 1. The van der Waals surface area contributed by atoms with Crippen molar-refractivity contribution in [3.8, 4) is 0 Å². The van der Waals surface area contributed by atoms with Crippen LogP contribution >= 0.6 is 12.2 Å². The van der Waals surface area contributed by atoms with E-state index in [0.29, 0.717) is 6.04 Å². The molecule has 1 N–H and O–H groups in total. The van der Waals surface area contributed by atoms with Crippen LogP contribution in [0.1, 0.15) is 25.7 Å². The smallest absolute Gasteiger partial charge is 0.169 e. The second-order valence-corrected chi connectivity index (χ2v) is 3.95. The van der Waals surface area contributed by atoms with Crippen molar-refractivity contribution in [3.63, 3.8) is 0 Å². The molecule has 2 saturated carbocycles. The van der Waals surface area contributed by atoms with Gasteiger partial charge in [0.2, 0.25) is 0 Å². The van der Waals surface area contributed by atoms with Gasteiger partial charge in [-0.3, -0.25) is 0 Å². The highest BCUT2D eigenvalue weighted by molar-refractivity contribution is 7.80. The van der Waals surface area contributed by atoms with Crippen LogP contribution in [0, 0.1) is 0 Å². The van der Waals surface area contributed by atoms with Gasteiger partial charge in [-0.1, -0.05) is 0 Å². The highest BCUT2D eigenvalue weighted by Crippen LogP contribution is 2.26. The molecule has 11 heavy (non-hydrogen) atoms. The first-order chi connectivity index (χ1) is 5.27. The molecule has 2 fully saturated rings. The SMILES string of the molecule is CN(C(=S)NC1CC1)C1CC1. The first-order valence-electron chi connectivity index (χ1n) is 4.30. The third kappa shape index (κ3) is 1.83. The van der Waals surface area contributed by atoms with Gasteiger partial charge in [0.05, 0.1) is 0 Å². The highest BCUT2D eigenvalue weighted by Gasteiger charge is 2.30. The largest absolute Gasteiger partial charge is 0.360 e. The maximum Gasteiger partial charge on any atom is 0.169 e. The van der Waals surface area contributed by atoms with E-state index in [0.717, 1.165) is 11.2 Å². The Morgan fingerprint density at radius 3 is 2.45 bits per heavy atom. The third-order valence-corrected chi connectivity index (χ3v) is 2.73. The van der Waals surface area contributed by atoms with Crippen LogP contribution in [-0.4, -0.2) is 29.1 Å². The van der Waals surface area contributed by atoms with Crippen molar-refractivity contribution >= 4 is 17.3 Å². The topological polar surface area (TPSA) is 15.3 Å². The quantitative estimate of drug-likeness (QED) is 0.625. The van der Waals surface area contributed by atoms with Gasteiger partial charge in [0.15, 0.2) is 5.11 Å². The molecule has 2 aliphatic rings. The summed E-state index contributed by atoms with van der Waals surface area (Å²) in [4.78, 5) is 2.20. The summed E-state index contributed by atoms with van der Waals surface area (Å²) in [7, 11) is 2.09. The predicted molar refractivity (Wildman–Crippen MR) is 49.5 cm³/mol. The van der Waals surface area contributed by atoms with Crippen LogP contribution < -0.4 is 5.32 Å². The van der Waals surface area contributed by atoms with Crippen LogP contribution in [0.5, 0.6) is 0 Å². The monoisotopic (exact) mass is 170 g/mol. The number of nitrogens with one attached hydrogen (secondary N) is 1. The summed E-state index contributed by atoms with van der Waals surface area (Å²) in [6.07, 6.45) is 5.25. The summed E-state index contributed by atoms with van der Waals surface area (Å²) >= 11 is 5.22. The minimum atomic E-state index is 0.698. The van der Waals surface area contributed by atoms with Gasteiger partial charge in [-0.25, -0.2) is 0 Å². The normalized spacial score (nSPS) is 23.0. The molecule has 0 aromatic carbocycles. The fourth-order valence-electron chi connectivity index (χ4n) is 1.13. The van der Waals surface area contributed by atoms with Crippen LogP contribution in [0.4, 0.5) is 0 Å². The second kappa shape index (κ2) is 2.63. The Labute approximate surface area is 73.0 Å². The van der Waals surface area contributed by atoms with E-state index in [1.807, 2.05) is 0 Å². The van der Waals surface area contributed by atoms with E-state index < -0.39 is 0 Å². The molecule has 0 amide bonds. The molecular weight excluding hydrogens is 156 g/mol. The van der Waals surface area contributed by atoms with Crippen LogP contribution in [0.3, 0.4) is 0 Å². The lowest BCUT2D eigenvalue weighted by atomic mass is 10.6. The van der Waals surface area contributed by atoms with Gasteiger partial charge >= 0.3 is 0 Å². The molecule has 0 heterocycles. The first kappa shape index (κ1) is 7.35. The molecule has 0 atom stereocenters. The molecule has 0 unspecified atom stereocenters. The molecule has 0 aromatic rings. The Kier molecular flexibility index (Phi) is 1.75. The zero-order valence-electron chi connectivity index (χ0n) is 6.84. The van der Waals surface area contributed by atoms with Gasteiger partial charge in [-0.2, -0.15) is 0 Å². The minimum Gasteiger partial charge on any atom is -0.360 e. The summed E-state index contributed by atoms with van der Waals surface area (Å²) in [6.45, 7) is 0. The number of hydrogen-bond donors (Lipinski definition) is 1. The lowest BCUT2D eigenvalue weighted by Crippen LogP contribution is -2.39. The van der Waals surface area contributed by atoms with E-state index >= 15 is 0 Å². The van der Waals surface area contributed by atoms with Crippen molar-refractivity contribution in [1.29, 1.82) is 0 Å². The van der Waals surface area contributed by atoms with E-state index in [1.165, 1.54) is 25.7 Å². The summed E-state index contributed by atoms with van der Waals surface area (Å²) in [5.74, 6) is 0. The zero-order valence-corrected chi connectivity index (χ0v) is 7.66. The van der Waals surface area contributed by atoms with Gasteiger partial charge < -0.3 is 10.2 Å². The van der Waals surface area contributed by atoms with E-state index in [4.69, 9.17) is 12.2 Å². The zero-order chi connectivity index (χ0) is 7.84. The third-order valence-electron chi connectivity index (χ3n) is 2.32. The van der Waals surface area contributed by atoms with Gasteiger partial charge in [0.25, 0.3) is 0 Å². The minimum absolute atomic E-state index is 0.698. The Hall–Kier alpha value is -0.310. The van der Waals surface area contributed by atoms with Crippen LogP contribution in [0.2, 0.25) is 0 Å². The maximum absolute atomic E-state index is 5.22. The van der Waals surface area contributed by atoms with Gasteiger partial charge in [0.1, 0.15) is 0 Å². The van der Waals surface area contributed by atoms with E-state index in [-0.39, 0.29) is 0 Å². The van der Waals surface area contributed by atoms with E-state index in [2.05, 4.69) is 17.3 Å². The molecular formula is C8H14N2S. The van der Waals surface area contributed by atoms with Crippen LogP contribution in [0.15, 0.2) is 0 Å².